The van der Waals surface area contributed by atoms with Crippen LogP contribution in [-0.4, -0.2) is 28.8 Å². The molecular weight excluding hydrogens is 404 g/mol. The molecule has 0 fully saturated rings. The van der Waals surface area contributed by atoms with Crippen molar-refractivity contribution >= 4 is 50.9 Å². The normalized spacial score (nSPS) is 13.3. The monoisotopic (exact) mass is 428 g/mol. The minimum atomic E-state index is -0.330. The SMILES string of the molecule is CCOC(=O)c1c(NC(=O)CSc2cn(C)c3ccccc23)sc2c1CCCC2. The fraction of sp³-hybridized carbons (Fsp3) is 0.364. The highest BCUT2D eigenvalue weighted by Crippen LogP contribution is 2.39. The summed E-state index contributed by atoms with van der Waals surface area (Å²) >= 11 is 3.04. The van der Waals surface area contributed by atoms with Crippen molar-refractivity contribution in [2.24, 2.45) is 7.05 Å². The van der Waals surface area contributed by atoms with Crippen LogP contribution in [0.4, 0.5) is 5.00 Å². The zero-order chi connectivity index (χ0) is 20.4. The van der Waals surface area contributed by atoms with Gasteiger partial charge >= 0.3 is 5.97 Å². The van der Waals surface area contributed by atoms with E-state index in [1.54, 1.807) is 6.92 Å². The molecule has 0 atom stereocenters. The standard InChI is InChI=1S/C22H24N2O3S2/c1-3-27-22(26)20-15-9-5-7-11-17(15)29-21(20)23-19(25)13-28-18-12-24(2)16-10-6-4-8-14(16)18/h4,6,8,10,12H,3,5,7,9,11,13H2,1-2H3,(H,23,25). The van der Waals surface area contributed by atoms with E-state index in [9.17, 15) is 9.59 Å². The van der Waals surface area contributed by atoms with Gasteiger partial charge in [0.2, 0.25) is 5.91 Å². The number of anilines is 1. The van der Waals surface area contributed by atoms with Crippen LogP contribution in [0.1, 0.15) is 40.6 Å². The molecule has 0 spiro atoms. The van der Waals surface area contributed by atoms with Gasteiger partial charge in [-0.2, -0.15) is 0 Å². The lowest BCUT2D eigenvalue weighted by atomic mass is 9.95. The Hall–Kier alpha value is -2.25. The lowest BCUT2D eigenvalue weighted by Crippen LogP contribution is -2.17. The van der Waals surface area contributed by atoms with Crippen LogP contribution in [0.3, 0.4) is 0 Å². The topological polar surface area (TPSA) is 60.3 Å². The number of hydrogen-bond donors (Lipinski definition) is 1. The molecule has 0 saturated heterocycles. The molecule has 3 aromatic rings. The van der Waals surface area contributed by atoms with Crippen LogP contribution in [0.2, 0.25) is 0 Å². The van der Waals surface area contributed by atoms with Crippen molar-refractivity contribution in [3.05, 3.63) is 46.5 Å². The van der Waals surface area contributed by atoms with Gasteiger partial charge in [-0.25, -0.2) is 4.79 Å². The Morgan fingerprint density at radius 1 is 1.24 bits per heavy atom. The Morgan fingerprint density at radius 3 is 2.86 bits per heavy atom. The molecule has 0 unspecified atom stereocenters. The van der Waals surface area contributed by atoms with Crippen LogP contribution < -0.4 is 5.32 Å². The van der Waals surface area contributed by atoms with Crippen molar-refractivity contribution in [1.29, 1.82) is 0 Å². The lowest BCUT2D eigenvalue weighted by Gasteiger charge is -2.12. The van der Waals surface area contributed by atoms with Crippen molar-refractivity contribution in [1.82, 2.24) is 4.57 Å². The molecule has 1 amide bonds. The molecule has 0 saturated carbocycles. The summed E-state index contributed by atoms with van der Waals surface area (Å²) in [5.74, 6) is -0.144. The Kier molecular flexibility index (Phi) is 5.96. The predicted molar refractivity (Wildman–Crippen MR) is 119 cm³/mol. The molecule has 1 aliphatic carbocycles. The van der Waals surface area contributed by atoms with Gasteiger partial charge in [-0.1, -0.05) is 18.2 Å². The first-order valence-electron chi connectivity index (χ1n) is 9.86. The summed E-state index contributed by atoms with van der Waals surface area (Å²) in [4.78, 5) is 27.5. The van der Waals surface area contributed by atoms with Crippen LogP contribution in [-0.2, 0) is 29.4 Å². The number of thiophene rings is 1. The highest BCUT2D eigenvalue weighted by molar-refractivity contribution is 8.00. The third kappa shape index (κ3) is 4.07. The van der Waals surface area contributed by atoms with E-state index in [0.717, 1.165) is 47.0 Å². The maximum Gasteiger partial charge on any atom is 0.341 e. The first kappa shape index (κ1) is 20.0. The molecule has 152 valence electrons. The number of nitrogens with one attached hydrogen (secondary N) is 1. The number of aryl methyl sites for hydroxylation is 2. The second kappa shape index (κ2) is 8.63. The van der Waals surface area contributed by atoms with Gasteiger partial charge in [0.1, 0.15) is 5.00 Å². The molecule has 0 aliphatic heterocycles. The van der Waals surface area contributed by atoms with Gasteiger partial charge in [0.15, 0.2) is 0 Å². The Morgan fingerprint density at radius 2 is 2.03 bits per heavy atom. The average Bonchev–Trinajstić information content (AvgIpc) is 3.24. The van der Waals surface area contributed by atoms with E-state index in [4.69, 9.17) is 4.74 Å². The quantitative estimate of drug-likeness (QED) is 0.442. The maximum absolute atomic E-state index is 12.7. The fourth-order valence-electron chi connectivity index (χ4n) is 3.80. The molecular formula is C22H24N2O3S2. The Labute approximate surface area is 178 Å². The van der Waals surface area contributed by atoms with E-state index in [2.05, 4.69) is 28.2 Å². The number of para-hydroxylation sites is 1. The molecule has 0 bridgehead atoms. The average molecular weight is 429 g/mol. The number of carbonyl (C=O) groups excluding carboxylic acids is 2. The van der Waals surface area contributed by atoms with Gasteiger partial charge < -0.3 is 14.6 Å². The number of esters is 1. The second-order valence-corrected chi connectivity index (χ2v) is 9.22. The highest BCUT2D eigenvalue weighted by atomic mass is 32.2. The minimum absolute atomic E-state index is 0.105. The summed E-state index contributed by atoms with van der Waals surface area (Å²) < 4.78 is 7.33. The maximum atomic E-state index is 12.7. The summed E-state index contributed by atoms with van der Waals surface area (Å²) in [5.41, 5.74) is 2.78. The van der Waals surface area contributed by atoms with Crippen LogP contribution >= 0.6 is 23.1 Å². The van der Waals surface area contributed by atoms with Crippen molar-refractivity contribution in [2.75, 3.05) is 17.7 Å². The molecule has 0 radical (unpaired) electrons. The molecule has 29 heavy (non-hydrogen) atoms. The lowest BCUT2D eigenvalue weighted by molar-refractivity contribution is -0.113. The number of benzene rings is 1. The minimum Gasteiger partial charge on any atom is -0.462 e. The van der Waals surface area contributed by atoms with E-state index in [-0.39, 0.29) is 11.9 Å². The van der Waals surface area contributed by atoms with Gasteiger partial charge in [0, 0.05) is 33.9 Å². The molecule has 4 rings (SSSR count). The first-order chi connectivity index (χ1) is 14.1. The third-order valence-corrected chi connectivity index (χ3v) is 7.37. The number of aromatic nitrogens is 1. The molecule has 5 nitrogen and oxygen atoms in total. The van der Waals surface area contributed by atoms with Gasteiger partial charge in [-0.05, 0) is 44.2 Å². The molecule has 1 N–H and O–H groups in total. The number of amides is 1. The Bertz CT molecular complexity index is 1070. The number of carbonyl (C=O) groups is 2. The second-order valence-electron chi connectivity index (χ2n) is 7.09. The van der Waals surface area contributed by atoms with Crippen LogP contribution in [0.25, 0.3) is 10.9 Å². The molecule has 2 aromatic heterocycles. The number of thioether (sulfide) groups is 1. The number of ether oxygens (including phenoxy) is 1. The van der Waals surface area contributed by atoms with E-state index in [1.807, 2.05) is 19.2 Å². The Balaban J connectivity index is 1.51. The number of fused-ring (bicyclic) bond motifs is 2. The smallest absolute Gasteiger partial charge is 0.341 e. The zero-order valence-electron chi connectivity index (χ0n) is 16.6. The van der Waals surface area contributed by atoms with E-state index < -0.39 is 0 Å². The molecule has 1 aromatic carbocycles. The highest BCUT2D eigenvalue weighted by Gasteiger charge is 2.27. The summed E-state index contributed by atoms with van der Waals surface area (Å²) in [6.07, 6.45) is 6.09. The molecule has 7 heteroatoms. The largest absolute Gasteiger partial charge is 0.462 e. The van der Waals surface area contributed by atoms with Crippen LogP contribution in [0.5, 0.6) is 0 Å². The van der Waals surface area contributed by atoms with E-state index >= 15 is 0 Å². The van der Waals surface area contributed by atoms with Gasteiger partial charge in [-0.3, -0.25) is 4.79 Å². The summed E-state index contributed by atoms with van der Waals surface area (Å²) in [5, 5.41) is 4.77. The van der Waals surface area contributed by atoms with E-state index in [1.165, 1.54) is 28.0 Å². The fourth-order valence-corrected chi connectivity index (χ4v) is 6.01. The van der Waals surface area contributed by atoms with Crippen molar-refractivity contribution in [3.63, 3.8) is 0 Å². The summed E-state index contributed by atoms with van der Waals surface area (Å²) in [7, 11) is 2.01. The van der Waals surface area contributed by atoms with Gasteiger partial charge in [0.05, 0.1) is 17.9 Å². The molecule has 1 aliphatic rings. The first-order valence-corrected chi connectivity index (χ1v) is 11.7. The predicted octanol–water partition coefficient (Wildman–Crippen LogP) is 5.03. The van der Waals surface area contributed by atoms with Crippen molar-refractivity contribution in [2.45, 2.75) is 37.5 Å². The van der Waals surface area contributed by atoms with Crippen LogP contribution in [0, 0.1) is 0 Å². The van der Waals surface area contributed by atoms with Crippen molar-refractivity contribution < 1.29 is 14.3 Å². The summed E-state index contributed by atoms with van der Waals surface area (Å²) in [6, 6.07) is 8.16. The van der Waals surface area contributed by atoms with Gasteiger partial charge in [0.25, 0.3) is 0 Å². The van der Waals surface area contributed by atoms with Crippen LogP contribution in [0.15, 0.2) is 35.4 Å². The van der Waals surface area contributed by atoms with E-state index in [0.29, 0.717) is 22.9 Å². The van der Waals surface area contributed by atoms with Gasteiger partial charge in [-0.15, -0.1) is 23.1 Å². The number of rotatable bonds is 6. The number of hydrogen-bond acceptors (Lipinski definition) is 5. The summed E-state index contributed by atoms with van der Waals surface area (Å²) in [6.45, 7) is 2.13. The third-order valence-electron chi connectivity index (χ3n) is 5.12. The molecule has 2 heterocycles. The number of nitrogens with zero attached hydrogens (tertiary/aromatic N) is 1. The zero-order valence-corrected chi connectivity index (χ0v) is 18.3. The van der Waals surface area contributed by atoms with Crippen molar-refractivity contribution in [3.8, 4) is 0 Å².